The molecule has 1 amide bonds. The van der Waals surface area contributed by atoms with E-state index in [0.717, 1.165) is 43.4 Å². The van der Waals surface area contributed by atoms with Gasteiger partial charge in [0.2, 0.25) is 5.91 Å². The third-order valence-electron chi connectivity index (χ3n) is 5.28. The zero-order chi connectivity index (χ0) is 22.6. The minimum absolute atomic E-state index is 0.110. The summed E-state index contributed by atoms with van der Waals surface area (Å²) in [6.07, 6.45) is 1.50. The number of carbonyl (C=O) groups excluding carboxylic acids is 1. The average molecular weight is 463 g/mol. The number of benzene rings is 2. The number of aromatic amines is 1. The van der Waals surface area contributed by atoms with Crippen LogP contribution < -0.4 is 15.8 Å². The highest BCUT2D eigenvalue weighted by atomic mass is 32.2. The van der Waals surface area contributed by atoms with Crippen LogP contribution in [-0.4, -0.2) is 57.7 Å². The van der Waals surface area contributed by atoms with E-state index in [0.29, 0.717) is 16.2 Å². The predicted molar refractivity (Wildman–Crippen MR) is 128 cm³/mol. The normalized spacial score (nSPS) is 13.9. The van der Waals surface area contributed by atoms with E-state index < -0.39 is 0 Å². The second kappa shape index (κ2) is 9.47. The number of H-pyrrole nitrogens is 1. The molecule has 10 heteroatoms. The van der Waals surface area contributed by atoms with Gasteiger partial charge in [0.05, 0.1) is 30.9 Å². The molecule has 0 radical (unpaired) electrons. The summed E-state index contributed by atoms with van der Waals surface area (Å²) in [6, 6.07) is 17.2. The molecule has 2 N–H and O–H groups in total. The molecule has 1 aliphatic rings. The van der Waals surface area contributed by atoms with Crippen molar-refractivity contribution in [2.75, 3.05) is 42.3 Å². The molecule has 4 aromatic rings. The molecule has 1 aliphatic heterocycles. The van der Waals surface area contributed by atoms with Gasteiger partial charge < -0.3 is 19.9 Å². The van der Waals surface area contributed by atoms with Crippen molar-refractivity contribution >= 4 is 40.1 Å². The quantitative estimate of drug-likeness (QED) is 0.335. The van der Waals surface area contributed by atoms with Gasteiger partial charge in [-0.05, 0) is 36.4 Å². The van der Waals surface area contributed by atoms with Crippen LogP contribution in [0.4, 0.5) is 11.4 Å². The van der Waals surface area contributed by atoms with Gasteiger partial charge in [-0.15, -0.1) is 0 Å². The Labute approximate surface area is 193 Å². The number of carbonyl (C=O) groups is 1. The van der Waals surface area contributed by atoms with E-state index in [2.05, 4.69) is 25.3 Å². The molecule has 0 atom stereocenters. The second-order valence-electron chi connectivity index (χ2n) is 7.48. The molecule has 0 saturated carbocycles. The first-order valence-electron chi connectivity index (χ1n) is 10.6. The third kappa shape index (κ3) is 4.76. The van der Waals surface area contributed by atoms with Gasteiger partial charge in [0.15, 0.2) is 10.8 Å². The van der Waals surface area contributed by atoms with Crippen molar-refractivity contribution in [2.45, 2.75) is 5.16 Å². The number of thioether (sulfide) groups is 1. The number of rotatable bonds is 6. The first-order chi connectivity index (χ1) is 16.2. The Morgan fingerprint density at radius 3 is 2.58 bits per heavy atom. The lowest BCUT2D eigenvalue weighted by molar-refractivity contribution is -0.113. The van der Waals surface area contributed by atoms with Crippen LogP contribution in [0.2, 0.25) is 0 Å². The van der Waals surface area contributed by atoms with Crippen molar-refractivity contribution in [2.24, 2.45) is 0 Å². The van der Waals surface area contributed by atoms with Gasteiger partial charge >= 0.3 is 0 Å². The number of ether oxygens (including phenoxy) is 1. The van der Waals surface area contributed by atoms with Crippen LogP contribution in [0.25, 0.3) is 16.7 Å². The number of nitrogens with one attached hydrogen (secondary N) is 2. The van der Waals surface area contributed by atoms with Gasteiger partial charge in [-0.3, -0.25) is 9.59 Å². The fourth-order valence-corrected chi connectivity index (χ4v) is 4.29. The summed E-state index contributed by atoms with van der Waals surface area (Å²) in [5.74, 6) is -0.0718. The number of anilines is 2. The third-order valence-corrected chi connectivity index (χ3v) is 6.16. The van der Waals surface area contributed by atoms with Crippen LogP contribution in [0.5, 0.6) is 0 Å². The van der Waals surface area contributed by atoms with Crippen molar-refractivity contribution in [3.05, 3.63) is 71.1 Å². The lowest BCUT2D eigenvalue weighted by Gasteiger charge is -2.28. The number of hydrogen-bond acceptors (Lipinski definition) is 7. The summed E-state index contributed by atoms with van der Waals surface area (Å²) in [5.41, 5.74) is 2.79. The number of aromatic nitrogens is 4. The maximum atomic E-state index is 12.5. The SMILES string of the molecule is O=C(CSc1nc2c(cnn2-c2ccccc2)c(=O)[nH]1)Nc1ccc(N2CCOCC2)cc1. The van der Waals surface area contributed by atoms with Gasteiger partial charge in [0.25, 0.3) is 5.56 Å². The van der Waals surface area contributed by atoms with E-state index in [4.69, 9.17) is 4.74 Å². The van der Waals surface area contributed by atoms with Crippen LogP contribution in [0, 0.1) is 0 Å². The van der Waals surface area contributed by atoms with Crippen molar-refractivity contribution in [1.82, 2.24) is 19.7 Å². The molecule has 2 aromatic heterocycles. The van der Waals surface area contributed by atoms with E-state index >= 15 is 0 Å². The Balaban J connectivity index is 1.25. The van der Waals surface area contributed by atoms with Crippen LogP contribution in [0.15, 0.2) is 70.7 Å². The van der Waals surface area contributed by atoms with Crippen molar-refractivity contribution in [1.29, 1.82) is 0 Å². The first kappa shape index (κ1) is 21.2. The summed E-state index contributed by atoms with van der Waals surface area (Å²) < 4.78 is 7.00. The smallest absolute Gasteiger partial charge is 0.262 e. The number of amides is 1. The van der Waals surface area contributed by atoms with E-state index in [9.17, 15) is 9.59 Å². The molecule has 0 aliphatic carbocycles. The van der Waals surface area contributed by atoms with Gasteiger partial charge in [-0.2, -0.15) is 5.10 Å². The van der Waals surface area contributed by atoms with Crippen molar-refractivity contribution in [3.8, 4) is 5.69 Å². The Morgan fingerprint density at radius 1 is 1.06 bits per heavy atom. The van der Waals surface area contributed by atoms with E-state index in [1.165, 1.54) is 18.0 Å². The average Bonchev–Trinajstić information content (AvgIpc) is 3.29. The molecule has 5 rings (SSSR count). The molecule has 1 saturated heterocycles. The highest BCUT2D eigenvalue weighted by Crippen LogP contribution is 2.21. The number of para-hydroxylation sites is 1. The first-order valence-corrected chi connectivity index (χ1v) is 11.5. The lowest BCUT2D eigenvalue weighted by atomic mass is 10.2. The molecule has 33 heavy (non-hydrogen) atoms. The molecule has 1 fully saturated rings. The van der Waals surface area contributed by atoms with Crippen LogP contribution in [0.3, 0.4) is 0 Å². The maximum absolute atomic E-state index is 12.5. The largest absolute Gasteiger partial charge is 0.378 e. The van der Waals surface area contributed by atoms with Gasteiger partial charge in [0, 0.05) is 24.5 Å². The maximum Gasteiger partial charge on any atom is 0.262 e. The highest BCUT2D eigenvalue weighted by Gasteiger charge is 2.14. The summed E-state index contributed by atoms with van der Waals surface area (Å²) >= 11 is 1.17. The Bertz CT molecular complexity index is 1310. The zero-order valence-electron chi connectivity index (χ0n) is 17.7. The molecule has 9 nitrogen and oxygen atoms in total. The molecular weight excluding hydrogens is 440 g/mol. The van der Waals surface area contributed by atoms with Crippen LogP contribution in [-0.2, 0) is 9.53 Å². The Morgan fingerprint density at radius 2 is 1.82 bits per heavy atom. The standard InChI is InChI=1S/C23H22N6O3S/c30-20(25-16-6-8-17(9-7-16)28-10-12-32-13-11-28)15-33-23-26-21-19(22(31)27-23)14-24-29(21)18-4-2-1-3-5-18/h1-9,14H,10-13,15H2,(H,25,30)(H,26,27,31). The molecule has 2 aromatic carbocycles. The molecular formula is C23H22N6O3S. The van der Waals surface area contributed by atoms with Gasteiger partial charge in [-0.1, -0.05) is 30.0 Å². The summed E-state index contributed by atoms with van der Waals surface area (Å²) in [6.45, 7) is 3.18. The predicted octanol–water partition coefficient (Wildman–Crippen LogP) is 2.68. The van der Waals surface area contributed by atoms with Gasteiger partial charge in [-0.25, -0.2) is 9.67 Å². The monoisotopic (exact) mass is 462 g/mol. The minimum atomic E-state index is -0.288. The van der Waals surface area contributed by atoms with Gasteiger partial charge in [0.1, 0.15) is 5.39 Å². The molecule has 168 valence electrons. The minimum Gasteiger partial charge on any atom is -0.378 e. The molecule has 0 bridgehead atoms. The molecule has 0 spiro atoms. The van der Waals surface area contributed by atoms with Crippen molar-refractivity contribution in [3.63, 3.8) is 0 Å². The molecule has 3 heterocycles. The highest BCUT2D eigenvalue weighted by molar-refractivity contribution is 7.99. The fourth-order valence-electron chi connectivity index (χ4n) is 3.63. The number of morpholine rings is 1. The number of nitrogens with zero attached hydrogens (tertiary/aromatic N) is 4. The van der Waals surface area contributed by atoms with Crippen molar-refractivity contribution < 1.29 is 9.53 Å². The van der Waals surface area contributed by atoms with Crippen LogP contribution in [0.1, 0.15) is 0 Å². The Hall–Kier alpha value is -3.63. The van der Waals surface area contributed by atoms with Crippen LogP contribution >= 0.6 is 11.8 Å². The topological polar surface area (TPSA) is 105 Å². The van der Waals surface area contributed by atoms with E-state index in [1.807, 2.05) is 54.6 Å². The summed E-state index contributed by atoms with van der Waals surface area (Å²) in [7, 11) is 0. The summed E-state index contributed by atoms with van der Waals surface area (Å²) in [4.78, 5) is 34.4. The van der Waals surface area contributed by atoms with E-state index in [-0.39, 0.29) is 17.2 Å². The number of fused-ring (bicyclic) bond motifs is 1. The van der Waals surface area contributed by atoms with E-state index in [1.54, 1.807) is 4.68 Å². The second-order valence-corrected chi connectivity index (χ2v) is 8.45. The zero-order valence-corrected chi connectivity index (χ0v) is 18.5. The molecule has 0 unspecified atom stereocenters. The number of hydrogen-bond donors (Lipinski definition) is 2. The summed E-state index contributed by atoms with van der Waals surface area (Å²) in [5, 5.41) is 7.94. The lowest BCUT2D eigenvalue weighted by Crippen LogP contribution is -2.36. The Kier molecular flexibility index (Phi) is 6.09. The fraction of sp³-hybridized carbons (Fsp3) is 0.217.